The SMILES string of the molecule is CN=C/C(=C\NCCCN)c1ccc(OCC(C)(O/N=C(\C=O)c2csc(N)n2)C(=O)O)cc1.CNC1C(=O)N(OS(=O)(=O)O)C1(C)C. The predicted octanol–water partition coefficient (Wildman–Crippen LogP) is 0.477. The number of oxime groups is 1. The molecule has 1 amide bonds. The Bertz CT molecular complexity index is 1610. The number of hydrogen-bond acceptors (Lipinski definition) is 16. The third-order valence-electron chi connectivity index (χ3n) is 6.58. The molecular weight excluding hydrogens is 672 g/mol. The van der Waals surface area contributed by atoms with Crippen LogP contribution in [-0.2, 0) is 33.9 Å². The normalized spacial score (nSPS) is 17.5. The lowest BCUT2D eigenvalue weighted by molar-refractivity contribution is -0.218. The Labute approximate surface area is 281 Å². The molecule has 1 aliphatic heterocycles. The van der Waals surface area contributed by atoms with Gasteiger partial charge in [-0.05, 0) is 58.5 Å². The van der Waals surface area contributed by atoms with Crippen LogP contribution in [0, 0.1) is 0 Å². The van der Waals surface area contributed by atoms with E-state index < -0.39 is 39.5 Å². The first kappa shape index (κ1) is 39.7. The van der Waals surface area contributed by atoms with Crippen LogP contribution in [0.15, 0.2) is 46.0 Å². The molecule has 1 fully saturated rings. The number of nitrogens with one attached hydrogen (secondary N) is 2. The van der Waals surface area contributed by atoms with Crippen LogP contribution in [0.1, 0.15) is 38.4 Å². The molecule has 0 spiro atoms. The maximum Gasteiger partial charge on any atom is 0.418 e. The number of ether oxygens (including phenoxy) is 1. The zero-order valence-corrected chi connectivity index (χ0v) is 28.6. The van der Waals surface area contributed by atoms with Gasteiger partial charge in [-0.3, -0.25) is 19.1 Å². The fourth-order valence-electron chi connectivity index (χ4n) is 3.95. The molecule has 2 aromatic rings. The predicted molar refractivity (Wildman–Crippen MR) is 179 cm³/mol. The molecule has 1 aromatic heterocycles. The summed E-state index contributed by atoms with van der Waals surface area (Å²) < 4.78 is 38.9. The van der Waals surface area contributed by atoms with Crippen LogP contribution in [0.25, 0.3) is 5.57 Å². The number of nitrogen functional groups attached to an aromatic ring is 1. The number of hydroxylamine groups is 2. The summed E-state index contributed by atoms with van der Waals surface area (Å²) in [4.78, 5) is 47.6. The van der Waals surface area contributed by atoms with E-state index in [9.17, 15) is 27.9 Å². The summed E-state index contributed by atoms with van der Waals surface area (Å²) in [5, 5.41) is 21.6. The van der Waals surface area contributed by atoms with Crippen LogP contribution in [-0.4, -0.2) is 109 Å². The number of nitrogens with two attached hydrogens (primary N) is 2. The number of benzene rings is 1. The van der Waals surface area contributed by atoms with Crippen molar-refractivity contribution in [2.45, 2.75) is 44.4 Å². The molecule has 48 heavy (non-hydrogen) atoms. The molecule has 2 unspecified atom stereocenters. The minimum Gasteiger partial charge on any atom is -0.489 e. The highest BCUT2D eigenvalue weighted by molar-refractivity contribution is 7.80. The monoisotopic (exact) mass is 712 g/mol. The number of aliphatic imine (C=N–C) groups is 1. The topological polar surface area (TPSA) is 270 Å². The van der Waals surface area contributed by atoms with Gasteiger partial charge in [0.2, 0.25) is 0 Å². The van der Waals surface area contributed by atoms with E-state index in [-0.39, 0.29) is 23.1 Å². The molecule has 2 atom stereocenters. The van der Waals surface area contributed by atoms with Crippen molar-refractivity contribution in [2.24, 2.45) is 15.9 Å². The number of aliphatic carboxylic acids is 1. The van der Waals surface area contributed by atoms with Gasteiger partial charge in [0.25, 0.3) is 11.5 Å². The van der Waals surface area contributed by atoms with Gasteiger partial charge >= 0.3 is 16.4 Å². The van der Waals surface area contributed by atoms with Crippen LogP contribution in [0.3, 0.4) is 0 Å². The van der Waals surface area contributed by atoms with Gasteiger partial charge in [-0.1, -0.05) is 17.3 Å². The Morgan fingerprint density at radius 2 is 1.96 bits per heavy atom. The number of nitrogens with zero attached hydrogens (tertiary/aromatic N) is 4. The molecular formula is C28H40N8O10S2. The number of carboxylic acid groups (broad SMARTS) is 1. The summed E-state index contributed by atoms with van der Waals surface area (Å²) in [6.45, 7) is 5.50. The maximum atomic E-state index is 11.8. The quantitative estimate of drug-likeness (QED) is 0.0325. The standard InChI is InChI=1S/C22H28N6O5S.C6H12N2O5S/c1-22(20(30)31,33-28-18(12-29)19-13-34-21(24)27-19)14-32-17-6-4-15(5-7-17)16(10-25-2)11-26-9-3-8-23;1-6(2)4(7-3)5(9)8(6)13-14(10,11)12/h4-7,10-13,26H,3,8-9,14,23H2,1-2H3,(H2,24,27)(H,30,31);4,7H,1-3H3,(H,10,11,12)/b16-11+,25-10?,28-18+;. The van der Waals surface area contributed by atoms with Gasteiger partial charge in [-0.15, -0.1) is 15.6 Å². The number of hydrogen-bond donors (Lipinski definition) is 6. The van der Waals surface area contributed by atoms with Gasteiger partial charge in [0.1, 0.15) is 24.1 Å². The molecule has 0 bridgehead atoms. The molecule has 1 aromatic carbocycles. The van der Waals surface area contributed by atoms with Gasteiger partial charge in [0, 0.05) is 37.0 Å². The minimum atomic E-state index is -4.64. The number of carbonyl (C=O) groups is 3. The van der Waals surface area contributed by atoms with Gasteiger partial charge in [-0.2, -0.15) is 13.5 Å². The number of aldehydes is 1. The molecule has 8 N–H and O–H groups in total. The fourth-order valence-corrected chi connectivity index (χ4v) is 4.97. The molecule has 0 aliphatic carbocycles. The summed E-state index contributed by atoms with van der Waals surface area (Å²) >= 11 is 1.12. The van der Waals surface area contributed by atoms with E-state index in [4.69, 9.17) is 25.6 Å². The number of carboxylic acids is 1. The minimum absolute atomic E-state index is 0.179. The molecule has 2 heterocycles. The van der Waals surface area contributed by atoms with Gasteiger partial charge in [0.15, 0.2) is 17.1 Å². The van der Waals surface area contributed by atoms with Crippen LogP contribution in [0.5, 0.6) is 5.75 Å². The van der Waals surface area contributed by atoms with E-state index in [2.05, 4.69) is 30.0 Å². The second-order valence-corrected chi connectivity index (χ2v) is 12.6. The van der Waals surface area contributed by atoms with E-state index in [1.54, 1.807) is 46.3 Å². The number of thiazole rings is 1. The molecule has 3 rings (SSSR count). The first-order valence-electron chi connectivity index (χ1n) is 14.2. The number of amides is 1. The van der Waals surface area contributed by atoms with Gasteiger partial charge < -0.3 is 36.8 Å². The number of carbonyl (C=O) groups excluding carboxylic acids is 2. The number of allylic oxidation sites excluding steroid dienone is 1. The van der Waals surface area contributed by atoms with Gasteiger partial charge in [-0.25, -0.2) is 9.78 Å². The van der Waals surface area contributed by atoms with E-state index in [0.717, 1.165) is 35.4 Å². The highest BCUT2D eigenvalue weighted by Crippen LogP contribution is 2.32. The zero-order chi connectivity index (χ0) is 36.1. The first-order chi connectivity index (χ1) is 22.5. The maximum absolute atomic E-state index is 11.8. The lowest BCUT2D eigenvalue weighted by Gasteiger charge is -2.50. The van der Waals surface area contributed by atoms with Crippen molar-refractivity contribution < 1.29 is 46.3 Å². The van der Waals surface area contributed by atoms with Crippen molar-refractivity contribution in [3.8, 4) is 5.75 Å². The lowest BCUT2D eigenvalue weighted by atomic mass is 9.85. The third kappa shape index (κ3) is 11.1. The Hall–Kier alpha value is -4.47. The lowest BCUT2D eigenvalue weighted by Crippen LogP contribution is -2.75. The van der Waals surface area contributed by atoms with Crippen LogP contribution in [0.4, 0.5) is 5.13 Å². The number of likely N-dealkylation sites (N-methyl/N-ethyl adjacent to an activating group) is 1. The summed E-state index contributed by atoms with van der Waals surface area (Å²) in [6, 6.07) is 6.54. The number of anilines is 1. The molecule has 1 saturated heterocycles. The van der Waals surface area contributed by atoms with Crippen LogP contribution < -0.4 is 26.8 Å². The Morgan fingerprint density at radius 1 is 1.29 bits per heavy atom. The Balaban J connectivity index is 0.000000476. The second-order valence-electron chi connectivity index (χ2n) is 10.7. The van der Waals surface area contributed by atoms with Crippen LogP contribution in [0.2, 0.25) is 0 Å². The number of rotatable bonds is 17. The molecule has 0 saturated carbocycles. The summed E-state index contributed by atoms with van der Waals surface area (Å²) in [7, 11) is -1.38. The molecule has 0 radical (unpaired) electrons. The van der Waals surface area contributed by atoms with Crippen molar-refractivity contribution in [3.63, 3.8) is 0 Å². The van der Waals surface area contributed by atoms with Crippen LogP contribution >= 0.6 is 11.3 Å². The summed E-state index contributed by atoms with van der Waals surface area (Å²) in [6.07, 6.45) is 4.83. The van der Waals surface area contributed by atoms with Gasteiger partial charge in [0.05, 0.1) is 5.54 Å². The highest BCUT2D eigenvalue weighted by Gasteiger charge is 2.56. The summed E-state index contributed by atoms with van der Waals surface area (Å²) in [5.74, 6) is -1.42. The van der Waals surface area contributed by atoms with E-state index in [0.29, 0.717) is 23.6 Å². The van der Waals surface area contributed by atoms with Crippen molar-refractivity contribution in [2.75, 3.05) is 39.5 Å². The summed E-state index contributed by atoms with van der Waals surface area (Å²) in [5.41, 5.74) is 10.2. The number of β-lactam (4-membered cyclic amide) rings is 1. The van der Waals surface area contributed by atoms with E-state index >= 15 is 0 Å². The van der Waals surface area contributed by atoms with E-state index in [1.165, 1.54) is 12.3 Å². The smallest absolute Gasteiger partial charge is 0.418 e. The second kappa shape index (κ2) is 17.6. The molecule has 1 aliphatic rings. The average Bonchev–Trinajstić information content (AvgIpc) is 3.46. The fraction of sp³-hybridized carbons (Fsp3) is 0.429. The van der Waals surface area contributed by atoms with Crippen molar-refractivity contribution in [3.05, 3.63) is 47.1 Å². The zero-order valence-electron chi connectivity index (χ0n) is 26.9. The Morgan fingerprint density at radius 3 is 2.44 bits per heavy atom. The Kier molecular flexibility index (Phi) is 14.6. The molecule has 18 nitrogen and oxygen atoms in total. The largest absolute Gasteiger partial charge is 0.489 e. The first-order valence-corrected chi connectivity index (χ1v) is 16.4. The third-order valence-corrected chi connectivity index (χ3v) is 7.59. The molecule has 264 valence electrons. The number of aromatic nitrogens is 1. The highest BCUT2D eigenvalue weighted by atomic mass is 32.3. The van der Waals surface area contributed by atoms with Crippen molar-refractivity contribution in [1.82, 2.24) is 20.7 Å². The molecule has 20 heteroatoms. The van der Waals surface area contributed by atoms with Crippen molar-refractivity contribution in [1.29, 1.82) is 0 Å². The van der Waals surface area contributed by atoms with Crippen molar-refractivity contribution >= 4 is 62.5 Å². The van der Waals surface area contributed by atoms with E-state index in [1.807, 2.05) is 18.3 Å². The average molecular weight is 713 g/mol.